The van der Waals surface area contributed by atoms with Crippen LogP contribution >= 0.6 is 23.5 Å². The summed E-state index contributed by atoms with van der Waals surface area (Å²) >= 11 is 0. The molecule has 32 heavy (non-hydrogen) atoms. The molecule has 17 nitrogen and oxygen atoms in total. The van der Waals surface area contributed by atoms with Crippen LogP contribution < -0.4 is 17.2 Å². The maximum atomic E-state index is 12.1. The van der Waals surface area contributed by atoms with Gasteiger partial charge in [-0.2, -0.15) is 13.6 Å². The maximum absolute atomic E-state index is 12.1. The van der Waals surface area contributed by atoms with Crippen molar-refractivity contribution in [3.8, 4) is 0 Å². The Labute approximate surface area is 179 Å². The number of hydrogen-bond acceptors (Lipinski definition) is 12. The van der Waals surface area contributed by atoms with Gasteiger partial charge in [-0.1, -0.05) is 12.2 Å². The first-order valence-corrected chi connectivity index (χ1v) is 13.0. The van der Waals surface area contributed by atoms with E-state index in [9.17, 15) is 28.5 Å². The smallest absolute Gasteiger partial charge is 0.390 e. The Bertz CT molecular complexity index is 1060. The summed E-state index contributed by atoms with van der Waals surface area (Å²) in [6.07, 6.45) is 0.492. The minimum atomic E-state index is -5.68. The van der Waals surface area contributed by atoms with E-state index < -0.39 is 54.2 Å². The highest BCUT2D eigenvalue weighted by Gasteiger charge is 2.43. The number of nitrogens with zero attached hydrogens (tertiary/aromatic N) is 2. The van der Waals surface area contributed by atoms with E-state index in [1.807, 2.05) is 0 Å². The van der Waals surface area contributed by atoms with Crippen LogP contribution in [0.25, 0.3) is 6.08 Å². The van der Waals surface area contributed by atoms with Crippen LogP contribution in [0.5, 0.6) is 0 Å². The Morgan fingerprint density at radius 3 is 2.47 bits per heavy atom. The van der Waals surface area contributed by atoms with Crippen LogP contribution in [0.1, 0.15) is 18.2 Å². The van der Waals surface area contributed by atoms with E-state index >= 15 is 0 Å². The number of aliphatic hydroxyl groups excluding tert-OH is 1. The monoisotopic (exact) mass is 522 g/mol. The van der Waals surface area contributed by atoms with Gasteiger partial charge in [-0.15, -0.1) is 0 Å². The lowest BCUT2D eigenvalue weighted by molar-refractivity contribution is -0.0449. The van der Waals surface area contributed by atoms with Gasteiger partial charge in [-0.05, 0) is 0 Å². The van der Waals surface area contributed by atoms with Crippen LogP contribution in [-0.4, -0.2) is 59.6 Å². The molecule has 0 spiro atoms. The number of rotatable bonds is 10. The summed E-state index contributed by atoms with van der Waals surface area (Å²) in [5.41, 5.74) is 10.6. The summed E-state index contributed by atoms with van der Waals surface area (Å²) in [6.45, 7) is -0.682. The molecule has 1 fully saturated rings. The highest BCUT2D eigenvalue weighted by atomic mass is 31.3. The van der Waals surface area contributed by atoms with Crippen molar-refractivity contribution < 1.29 is 56.3 Å². The molecule has 9 N–H and O–H groups in total. The molecule has 0 radical (unpaired) electrons. The Morgan fingerprint density at radius 2 is 1.88 bits per heavy atom. The van der Waals surface area contributed by atoms with Crippen molar-refractivity contribution in [3.05, 3.63) is 28.3 Å². The number of phosphoric ester groups is 1. The lowest BCUT2D eigenvalue weighted by Crippen LogP contribution is -2.29. The molecule has 0 aromatic carbocycles. The van der Waals surface area contributed by atoms with Gasteiger partial charge in [-0.3, -0.25) is 9.09 Å². The summed E-state index contributed by atoms with van der Waals surface area (Å²) < 4.78 is 51.7. The lowest BCUT2D eigenvalue weighted by atomic mass is 10.2. The van der Waals surface area contributed by atoms with E-state index in [0.717, 1.165) is 4.57 Å². The standard InChI is InChI=1S/C12H21N4O13P3/c13-3-1-2-7-5-16(12(18)15-11(7)14)10-4-8(17)9(27-10)6-26-31(22,23)29-32(24,25)28-30(19,20)21/h1-2,5,8-10,17H,3-4,6,13H2,(H,22,23)(H,24,25)(H2,14,15,18)(H2,19,20,21)/b2-1+/t8-,9-,10-/m1/s1. The van der Waals surface area contributed by atoms with Crippen LogP contribution in [0.2, 0.25) is 0 Å². The zero-order valence-electron chi connectivity index (χ0n) is 16.0. The molecule has 1 aliphatic rings. The van der Waals surface area contributed by atoms with Gasteiger partial charge in [0, 0.05) is 24.7 Å². The second kappa shape index (κ2) is 10.3. The molecule has 0 saturated carbocycles. The number of aliphatic hydroxyl groups is 1. The van der Waals surface area contributed by atoms with E-state index in [2.05, 4.69) is 18.1 Å². The van der Waals surface area contributed by atoms with Gasteiger partial charge >= 0.3 is 29.2 Å². The summed E-state index contributed by atoms with van der Waals surface area (Å²) in [7, 11) is -16.6. The highest BCUT2D eigenvalue weighted by molar-refractivity contribution is 7.66. The van der Waals surface area contributed by atoms with Gasteiger partial charge in [-0.25, -0.2) is 18.5 Å². The van der Waals surface area contributed by atoms with Crippen molar-refractivity contribution >= 4 is 35.4 Å². The number of anilines is 1. The average molecular weight is 522 g/mol. The van der Waals surface area contributed by atoms with E-state index in [4.69, 9.17) is 30.9 Å². The fourth-order valence-electron chi connectivity index (χ4n) is 2.53. The number of nitrogen functional groups attached to an aromatic ring is 1. The van der Waals surface area contributed by atoms with Gasteiger partial charge < -0.3 is 40.9 Å². The third kappa shape index (κ3) is 7.93. The molecule has 1 saturated heterocycles. The Hall–Kier alpha value is -1.29. The van der Waals surface area contributed by atoms with E-state index in [1.54, 1.807) is 6.08 Å². The van der Waals surface area contributed by atoms with Crippen molar-refractivity contribution in [2.45, 2.75) is 24.9 Å². The highest BCUT2D eigenvalue weighted by Crippen LogP contribution is 2.66. The van der Waals surface area contributed by atoms with Crippen LogP contribution in [-0.2, 0) is 31.6 Å². The lowest BCUT2D eigenvalue weighted by Gasteiger charge is -2.19. The third-order valence-corrected chi connectivity index (χ3v) is 7.58. The average Bonchev–Trinajstić information content (AvgIpc) is 2.97. The summed E-state index contributed by atoms with van der Waals surface area (Å²) in [5, 5.41) is 10.1. The third-order valence-electron chi connectivity index (χ3n) is 3.78. The first-order valence-electron chi connectivity index (χ1n) is 8.49. The predicted octanol–water partition coefficient (Wildman–Crippen LogP) is -1.21. The first kappa shape index (κ1) is 27.0. The topological polar surface area (TPSA) is 276 Å². The summed E-state index contributed by atoms with van der Waals surface area (Å²) in [4.78, 5) is 51.4. The van der Waals surface area contributed by atoms with E-state index in [-0.39, 0.29) is 18.8 Å². The molecule has 0 amide bonds. The molecular formula is C12H21N4O13P3. The van der Waals surface area contributed by atoms with Gasteiger partial charge in [0.15, 0.2) is 0 Å². The number of nitrogens with two attached hydrogens (primary N) is 2. The number of ether oxygens (including phenoxy) is 1. The fourth-order valence-corrected chi connectivity index (χ4v) is 5.56. The Morgan fingerprint density at radius 1 is 1.22 bits per heavy atom. The molecule has 1 aromatic rings. The quantitative estimate of drug-likeness (QED) is 0.177. The zero-order valence-corrected chi connectivity index (χ0v) is 18.7. The van der Waals surface area contributed by atoms with Crippen LogP contribution in [0.15, 0.2) is 17.1 Å². The molecule has 1 aliphatic heterocycles. The van der Waals surface area contributed by atoms with E-state index in [1.165, 1.54) is 12.3 Å². The van der Waals surface area contributed by atoms with E-state index in [0.29, 0.717) is 5.56 Å². The van der Waals surface area contributed by atoms with Crippen molar-refractivity contribution in [3.63, 3.8) is 0 Å². The van der Waals surface area contributed by atoms with Crippen molar-refractivity contribution in [1.82, 2.24) is 9.55 Å². The predicted molar refractivity (Wildman–Crippen MR) is 105 cm³/mol. The normalized spacial score (nSPS) is 25.6. The minimum Gasteiger partial charge on any atom is -0.390 e. The molecule has 182 valence electrons. The SMILES string of the molecule is NC/C=C/c1cn([C@H]2C[C@@H](O)[C@@H](COP(=O)(O)OP(=O)(O)OP(=O)(O)O)O2)c(=O)nc1N. The molecule has 2 unspecified atom stereocenters. The molecule has 1 aromatic heterocycles. The van der Waals surface area contributed by atoms with Crippen LogP contribution in [0.4, 0.5) is 5.82 Å². The zero-order chi connectivity index (χ0) is 24.3. The largest absolute Gasteiger partial charge is 0.490 e. The van der Waals surface area contributed by atoms with Gasteiger partial charge in [0.2, 0.25) is 0 Å². The first-order chi connectivity index (χ1) is 14.6. The number of phosphoric acid groups is 3. The summed E-state index contributed by atoms with van der Waals surface area (Å²) in [6, 6.07) is 0. The molecule has 20 heteroatoms. The molecule has 0 bridgehead atoms. The molecule has 0 aliphatic carbocycles. The molecular weight excluding hydrogens is 501 g/mol. The van der Waals surface area contributed by atoms with Crippen molar-refractivity contribution in [2.24, 2.45) is 5.73 Å². The number of hydrogen-bond donors (Lipinski definition) is 7. The number of aromatic nitrogens is 2. The van der Waals surface area contributed by atoms with Gasteiger partial charge in [0.25, 0.3) is 0 Å². The van der Waals surface area contributed by atoms with Crippen LogP contribution in [0, 0.1) is 0 Å². The van der Waals surface area contributed by atoms with Gasteiger partial charge in [0.05, 0.1) is 12.7 Å². The maximum Gasteiger partial charge on any atom is 0.490 e. The molecule has 5 atom stereocenters. The van der Waals surface area contributed by atoms with Crippen molar-refractivity contribution in [2.75, 3.05) is 18.9 Å². The molecule has 2 heterocycles. The van der Waals surface area contributed by atoms with Gasteiger partial charge in [0.1, 0.15) is 18.1 Å². The fraction of sp³-hybridized carbons (Fsp3) is 0.500. The molecule has 2 rings (SSSR count). The second-order valence-corrected chi connectivity index (χ2v) is 10.6. The summed E-state index contributed by atoms with van der Waals surface area (Å²) in [5.74, 6) is -0.0706. The van der Waals surface area contributed by atoms with Crippen molar-refractivity contribution in [1.29, 1.82) is 0 Å². The Balaban J connectivity index is 2.07. The minimum absolute atomic E-state index is 0.0706. The Kier molecular flexibility index (Phi) is 8.70. The van der Waals surface area contributed by atoms with Crippen LogP contribution in [0.3, 0.4) is 0 Å². The second-order valence-electron chi connectivity index (χ2n) is 6.23.